The van der Waals surface area contributed by atoms with Crippen LogP contribution in [0.5, 0.6) is 0 Å². The van der Waals surface area contributed by atoms with Crippen molar-refractivity contribution in [1.82, 2.24) is 10.2 Å². The fourth-order valence-electron chi connectivity index (χ4n) is 2.76. The van der Waals surface area contributed by atoms with Gasteiger partial charge in [0.05, 0.1) is 6.54 Å². The molecule has 1 atom stereocenters. The number of fused-ring (bicyclic) bond motifs is 1. The van der Waals surface area contributed by atoms with Gasteiger partial charge in [-0.05, 0) is 58.1 Å². The first-order chi connectivity index (χ1) is 9.65. The van der Waals surface area contributed by atoms with Gasteiger partial charge in [-0.2, -0.15) is 0 Å². The molecule has 0 saturated heterocycles. The molecular formula is C16H26N2OS. The van der Waals surface area contributed by atoms with Crippen LogP contribution in [0.1, 0.15) is 55.0 Å². The Morgan fingerprint density at radius 3 is 2.70 bits per heavy atom. The Labute approximate surface area is 126 Å². The molecule has 1 aliphatic rings. The number of likely N-dealkylation sites (N-methyl/N-ethyl adjacent to an activating group) is 1. The standard InChI is InChI=1S/C16H26N2OS/c1-4-18(5-2)16(19)11-17-12(3)15-10-13-8-6-7-9-14(13)20-15/h10,12,17H,4-9,11H2,1-3H3. The molecule has 2 rings (SSSR count). The molecule has 112 valence electrons. The second-order valence-electron chi connectivity index (χ2n) is 5.47. The van der Waals surface area contributed by atoms with Crippen molar-refractivity contribution in [2.24, 2.45) is 0 Å². The van der Waals surface area contributed by atoms with Crippen molar-refractivity contribution < 1.29 is 4.79 Å². The number of nitrogens with one attached hydrogen (secondary N) is 1. The summed E-state index contributed by atoms with van der Waals surface area (Å²) in [5, 5.41) is 3.38. The van der Waals surface area contributed by atoms with Crippen LogP contribution in [0, 0.1) is 0 Å². The highest BCUT2D eigenvalue weighted by Crippen LogP contribution is 2.32. The van der Waals surface area contributed by atoms with Gasteiger partial charge < -0.3 is 10.2 Å². The van der Waals surface area contributed by atoms with E-state index in [0.29, 0.717) is 6.54 Å². The largest absolute Gasteiger partial charge is 0.342 e. The summed E-state index contributed by atoms with van der Waals surface area (Å²) in [4.78, 5) is 16.8. The van der Waals surface area contributed by atoms with E-state index < -0.39 is 0 Å². The Bertz CT molecular complexity index is 428. The Morgan fingerprint density at radius 1 is 1.35 bits per heavy atom. The Morgan fingerprint density at radius 2 is 2.05 bits per heavy atom. The van der Waals surface area contributed by atoms with Crippen LogP contribution < -0.4 is 5.32 Å². The van der Waals surface area contributed by atoms with Gasteiger partial charge in [0.25, 0.3) is 0 Å². The lowest BCUT2D eigenvalue weighted by molar-refractivity contribution is -0.129. The van der Waals surface area contributed by atoms with E-state index in [4.69, 9.17) is 0 Å². The summed E-state index contributed by atoms with van der Waals surface area (Å²) in [5.74, 6) is 0.197. The lowest BCUT2D eigenvalue weighted by Gasteiger charge is -2.20. The molecule has 3 nitrogen and oxygen atoms in total. The quantitative estimate of drug-likeness (QED) is 0.874. The van der Waals surface area contributed by atoms with Crippen molar-refractivity contribution in [2.75, 3.05) is 19.6 Å². The molecule has 1 aromatic heterocycles. The maximum Gasteiger partial charge on any atom is 0.236 e. The summed E-state index contributed by atoms with van der Waals surface area (Å²) in [7, 11) is 0. The molecule has 4 heteroatoms. The zero-order valence-electron chi connectivity index (χ0n) is 12.9. The minimum atomic E-state index is 0.197. The molecule has 0 spiro atoms. The predicted octanol–water partition coefficient (Wildman–Crippen LogP) is 3.15. The third-order valence-electron chi connectivity index (χ3n) is 4.12. The van der Waals surface area contributed by atoms with Crippen molar-refractivity contribution in [3.05, 3.63) is 21.4 Å². The summed E-state index contributed by atoms with van der Waals surface area (Å²) >= 11 is 1.93. The van der Waals surface area contributed by atoms with Crippen LogP contribution >= 0.6 is 11.3 Å². The van der Waals surface area contributed by atoms with E-state index in [2.05, 4.69) is 18.3 Å². The number of nitrogens with zero attached hydrogens (tertiary/aromatic N) is 1. The molecule has 0 bridgehead atoms. The zero-order chi connectivity index (χ0) is 14.5. The van der Waals surface area contributed by atoms with Crippen molar-refractivity contribution in [1.29, 1.82) is 0 Å². The van der Waals surface area contributed by atoms with Crippen LogP contribution in [0.25, 0.3) is 0 Å². The number of rotatable bonds is 6. The van der Waals surface area contributed by atoms with Gasteiger partial charge in [-0.15, -0.1) is 11.3 Å². The molecular weight excluding hydrogens is 268 g/mol. The highest BCUT2D eigenvalue weighted by Gasteiger charge is 2.17. The van der Waals surface area contributed by atoms with Gasteiger partial charge in [0.1, 0.15) is 0 Å². The molecule has 1 amide bonds. The molecule has 0 saturated carbocycles. The molecule has 0 aromatic carbocycles. The molecule has 0 aliphatic heterocycles. The number of thiophene rings is 1. The van der Waals surface area contributed by atoms with Gasteiger partial charge in [0.2, 0.25) is 5.91 Å². The van der Waals surface area contributed by atoms with Gasteiger partial charge in [-0.1, -0.05) is 0 Å². The van der Waals surface area contributed by atoms with Crippen molar-refractivity contribution in [3.8, 4) is 0 Å². The van der Waals surface area contributed by atoms with Gasteiger partial charge in [-0.3, -0.25) is 4.79 Å². The average molecular weight is 294 g/mol. The first-order valence-corrected chi connectivity index (χ1v) is 8.60. The van der Waals surface area contributed by atoms with E-state index in [-0.39, 0.29) is 11.9 Å². The lowest BCUT2D eigenvalue weighted by atomic mass is 9.99. The SMILES string of the molecule is CCN(CC)C(=O)CNC(C)c1cc2c(s1)CCCC2. The number of hydrogen-bond donors (Lipinski definition) is 1. The third-order valence-corrected chi connectivity index (χ3v) is 5.54. The molecule has 1 N–H and O–H groups in total. The maximum absolute atomic E-state index is 12.0. The van der Waals surface area contributed by atoms with Crippen LogP contribution in [0.3, 0.4) is 0 Å². The maximum atomic E-state index is 12.0. The third kappa shape index (κ3) is 3.61. The summed E-state index contributed by atoms with van der Waals surface area (Å²) < 4.78 is 0. The van der Waals surface area contributed by atoms with E-state index in [9.17, 15) is 4.79 Å². The second kappa shape index (κ2) is 7.23. The Kier molecular flexibility index (Phi) is 5.61. The summed E-state index contributed by atoms with van der Waals surface area (Å²) in [6.45, 7) is 8.23. The minimum absolute atomic E-state index is 0.197. The van der Waals surface area contributed by atoms with E-state index >= 15 is 0 Å². The minimum Gasteiger partial charge on any atom is -0.342 e. The number of hydrogen-bond acceptors (Lipinski definition) is 3. The lowest BCUT2D eigenvalue weighted by Crippen LogP contribution is -2.38. The van der Waals surface area contributed by atoms with Gasteiger partial charge in [-0.25, -0.2) is 0 Å². The second-order valence-corrected chi connectivity index (χ2v) is 6.64. The van der Waals surface area contributed by atoms with Crippen LogP contribution in [0.15, 0.2) is 6.07 Å². The first-order valence-electron chi connectivity index (χ1n) is 7.78. The van der Waals surface area contributed by atoms with E-state index in [1.54, 1.807) is 10.4 Å². The van der Waals surface area contributed by atoms with E-state index in [0.717, 1.165) is 13.1 Å². The smallest absolute Gasteiger partial charge is 0.236 e. The van der Waals surface area contributed by atoms with Gasteiger partial charge >= 0.3 is 0 Å². The van der Waals surface area contributed by atoms with Crippen molar-refractivity contribution >= 4 is 17.2 Å². The highest BCUT2D eigenvalue weighted by atomic mass is 32.1. The number of carbonyl (C=O) groups excluding carboxylic acids is 1. The Hall–Kier alpha value is -0.870. The molecule has 1 aromatic rings. The summed E-state index contributed by atoms with van der Waals surface area (Å²) in [6, 6.07) is 2.61. The monoisotopic (exact) mass is 294 g/mol. The van der Waals surface area contributed by atoms with E-state index in [1.807, 2.05) is 30.1 Å². The normalized spacial score (nSPS) is 15.8. The topological polar surface area (TPSA) is 32.3 Å². The van der Waals surface area contributed by atoms with Gasteiger partial charge in [0, 0.05) is 28.9 Å². The van der Waals surface area contributed by atoms with Crippen LogP contribution in [0.2, 0.25) is 0 Å². The number of amides is 1. The van der Waals surface area contributed by atoms with Crippen molar-refractivity contribution in [2.45, 2.75) is 52.5 Å². The first kappa shape index (κ1) is 15.5. The molecule has 0 fully saturated rings. The predicted molar refractivity (Wildman–Crippen MR) is 85.3 cm³/mol. The molecule has 1 aliphatic carbocycles. The molecule has 1 heterocycles. The van der Waals surface area contributed by atoms with Crippen LogP contribution in [-0.4, -0.2) is 30.4 Å². The molecule has 0 radical (unpaired) electrons. The number of carbonyl (C=O) groups is 1. The zero-order valence-corrected chi connectivity index (χ0v) is 13.7. The molecule has 1 unspecified atom stereocenters. The number of aryl methyl sites for hydroxylation is 2. The Balaban J connectivity index is 1.90. The summed E-state index contributed by atoms with van der Waals surface area (Å²) in [5.41, 5.74) is 1.54. The van der Waals surface area contributed by atoms with Crippen LogP contribution in [-0.2, 0) is 17.6 Å². The fraction of sp³-hybridized carbons (Fsp3) is 0.688. The van der Waals surface area contributed by atoms with Gasteiger partial charge in [0.15, 0.2) is 0 Å². The van der Waals surface area contributed by atoms with Crippen LogP contribution in [0.4, 0.5) is 0 Å². The summed E-state index contributed by atoms with van der Waals surface area (Å²) in [6.07, 6.45) is 5.13. The highest BCUT2D eigenvalue weighted by molar-refractivity contribution is 7.12. The molecule has 20 heavy (non-hydrogen) atoms. The van der Waals surface area contributed by atoms with Crippen molar-refractivity contribution in [3.63, 3.8) is 0 Å². The average Bonchev–Trinajstić information content (AvgIpc) is 2.90. The van der Waals surface area contributed by atoms with E-state index in [1.165, 1.54) is 30.6 Å². The fourth-order valence-corrected chi connectivity index (χ4v) is 4.04.